The highest BCUT2D eigenvalue weighted by atomic mass is 16.2. The van der Waals surface area contributed by atoms with Crippen LogP contribution >= 0.6 is 0 Å². The van der Waals surface area contributed by atoms with Gasteiger partial charge in [0.05, 0.1) is 0 Å². The number of hydrogen-bond donors (Lipinski definition) is 2. The average Bonchev–Trinajstić information content (AvgIpc) is 2.53. The maximum Gasteiger partial charge on any atom is 0.315 e. The Morgan fingerprint density at radius 3 is 2.50 bits per heavy atom. The van der Waals surface area contributed by atoms with Gasteiger partial charge in [0.15, 0.2) is 0 Å². The smallest absolute Gasteiger partial charge is 0.315 e. The second kappa shape index (κ2) is 8.71. The molecule has 1 aliphatic rings. The number of hydrogen-bond acceptors (Lipinski definition) is 2. The summed E-state index contributed by atoms with van der Waals surface area (Å²) in [5.41, 5.74) is 2.48. The van der Waals surface area contributed by atoms with Crippen LogP contribution in [0.2, 0.25) is 0 Å². The van der Waals surface area contributed by atoms with Crippen LogP contribution in [0.4, 0.5) is 4.79 Å². The van der Waals surface area contributed by atoms with Crippen LogP contribution in [0.5, 0.6) is 0 Å². The van der Waals surface area contributed by atoms with Gasteiger partial charge < -0.3 is 15.5 Å². The summed E-state index contributed by atoms with van der Waals surface area (Å²) in [5.74, 6) is 0.211. The van der Waals surface area contributed by atoms with E-state index in [2.05, 4.69) is 29.7 Å². The fourth-order valence-corrected chi connectivity index (χ4v) is 3.05. The van der Waals surface area contributed by atoms with Crippen molar-refractivity contribution in [3.8, 4) is 0 Å². The molecule has 0 aliphatic carbocycles. The minimum absolute atomic E-state index is 0.116. The third kappa shape index (κ3) is 5.55. The molecule has 0 aromatic heterocycles. The number of amides is 3. The number of rotatable bonds is 5. The molecule has 1 saturated heterocycles. The highest BCUT2D eigenvalue weighted by Gasteiger charge is 2.23. The van der Waals surface area contributed by atoms with Crippen LogP contribution in [0.15, 0.2) is 24.3 Å². The topological polar surface area (TPSA) is 61.4 Å². The molecule has 0 radical (unpaired) electrons. The number of carbonyl (C=O) groups is 2. The lowest BCUT2D eigenvalue weighted by molar-refractivity contribution is -0.132. The zero-order chi connectivity index (χ0) is 17.5. The number of benzene rings is 1. The molecule has 132 valence electrons. The van der Waals surface area contributed by atoms with Crippen molar-refractivity contribution in [3.05, 3.63) is 35.4 Å². The molecule has 0 atom stereocenters. The van der Waals surface area contributed by atoms with E-state index in [4.69, 9.17) is 0 Å². The Bertz CT molecular complexity index is 563. The molecule has 5 heteroatoms. The van der Waals surface area contributed by atoms with E-state index in [1.54, 1.807) is 0 Å². The summed E-state index contributed by atoms with van der Waals surface area (Å²) in [6.45, 7) is 7.41. The van der Waals surface area contributed by atoms with Crippen LogP contribution in [-0.2, 0) is 11.2 Å². The zero-order valence-electron chi connectivity index (χ0n) is 15.0. The van der Waals surface area contributed by atoms with Crippen molar-refractivity contribution in [1.29, 1.82) is 0 Å². The van der Waals surface area contributed by atoms with Crippen LogP contribution in [0, 0.1) is 6.92 Å². The Balaban J connectivity index is 1.72. The number of aryl methyl sites for hydroxylation is 2. The van der Waals surface area contributed by atoms with Crippen LogP contribution in [0.25, 0.3) is 0 Å². The largest absolute Gasteiger partial charge is 0.343 e. The molecule has 1 aromatic carbocycles. The van der Waals surface area contributed by atoms with Crippen LogP contribution in [0.1, 0.15) is 44.2 Å². The summed E-state index contributed by atoms with van der Waals surface area (Å²) in [7, 11) is 0. The monoisotopic (exact) mass is 331 g/mol. The van der Waals surface area contributed by atoms with Crippen LogP contribution in [0.3, 0.4) is 0 Å². The Hall–Kier alpha value is -2.04. The normalized spacial score (nSPS) is 15.4. The number of likely N-dealkylation sites (tertiary alicyclic amines) is 1. The molecule has 5 nitrogen and oxygen atoms in total. The number of nitrogens with zero attached hydrogens (tertiary/aromatic N) is 1. The molecule has 1 aliphatic heterocycles. The highest BCUT2D eigenvalue weighted by molar-refractivity contribution is 5.77. The Labute approximate surface area is 144 Å². The number of carbonyl (C=O) groups excluding carboxylic acids is 2. The van der Waals surface area contributed by atoms with Crippen molar-refractivity contribution >= 4 is 11.9 Å². The van der Waals surface area contributed by atoms with Gasteiger partial charge in [-0.25, -0.2) is 4.79 Å². The van der Waals surface area contributed by atoms with Crippen molar-refractivity contribution in [1.82, 2.24) is 15.5 Å². The molecule has 0 bridgehead atoms. The van der Waals surface area contributed by atoms with Gasteiger partial charge in [0.2, 0.25) is 5.91 Å². The Kier molecular flexibility index (Phi) is 6.64. The van der Waals surface area contributed by atoms with Gasteiger partial charge in [0.1, 0.15) is 0 Å². The molecular weight excluding hydrogens is 302 g/mol. The second-order valence-electron chi connectivity index (χ2n) is 6.85. The zero-order valence-corrected chi connectivity index (χ0v) is 15.0. The lowest BCUT2D eigenvalue weighted by Crippen LogP contribution is -2.50. The fourth-order valence-electron chi connectivity index (χ4n) is 3.05. The minimum Gasteiger partial charge on any atom is -0.343 e. The summed E-state index contributed by atoms with van der Waals surface area (Å²) in [5, 5.41) is 5.82. The summed E-state index contributed by atoms with van der Waals surface area (Å²) in [4.78, 5) is 26.0. The molecule has 0 saturated carbocycles. The van der Waals surface area contributed by atoms with Gasteiger partial charge in [-0.15, -0.1) is 0 Å². The van der Waals surface area contributed by atoms with Crippen molar-refractivity contribution < 1.29 is 9.59 Å². The molecule has 3 amide bonds. The number of piperidine rings is 1. The summed E-state index contributed by atoms with van der Waals surface area (Å²) >= 11 is 0. The molecule has 1 fully saturated rings. The van der Waals surface area contributed by atoms with E-state index in [0.717, 1.165) is 32.4 Å². The van der Waals surface area contributed by atoms with E-state index in [9.17, 15) is 9.59 Å². The van der Waals surface area contributed by atoms with E-state index in [1.165, 1.54) is 11.1 Å². The van der Waals surface area contributed by atoms with Crippen molar-refractivity contribution in [2.75, 3.05) is 13.1 Å². The SMILES string of the molecule is Cc1ccccc1CCC(=O)N1CCC(NC(=O)NC(C)C)CC1. The van der Waals surface area contributed by atoms with E-state index < -0.39 is 0 Å². The van der Waals surface area contributed by atoms with E-state index in [1.807, 2.05) is 30.9 Å². The van der Waals surface area contributed by atoms with Gasteiger partial charge in [0.25, 0.3) is 0 Å². The third-order valence-electron chi connectivity index (χ3n) is 4.47. The molecule has 0 unspecified atom stereocenters. The van der Waals surface area contributed by atoms with E-state index >= 15 is 0 Å². The predicted octanol–water partition coefficient (Wildman–Crippen LogP) is 2.63. The number of urea groups is 1. The maximum absolute atomic E-state index is 12.4. The molecule has 2 N–H and O–H groups in total. The minimum atomic E-state index is -0.116. The summed E-state index contributed by atoms with van der Waals surface area (Å²) in [6.07, 6.45) is 2.99. The van der Waals surface area contributed by atoms with E-state index in [-0.39, 0.29) is 24.0 Å². The van der Waals surface area contributed by atoms with Gasteiger partial charge >= 0.3 is 6.03 Å². The quantitative estimate of drug-likeness (QED) is 0.871. The van der Waals surface area contributed by atoms with E-state index in [0.29, 0.717) is 6.42 Å². The molecule has 0 spiro atoms. The second-order valence-corrected chi connectivity index (χ2v) is 6.85. The first-order valence-electron chi connectivity index (χ1n) is 8.85. The molecular formula is C19H29N3O2. The molecule has 1 heterocycles. The molecule has 2 rings (SSSR count). The van der Waals surface area contributed by atoms with Crippen LogP contribution in [-0.4, -0.2) is 42.0 Å². The lowest BCUT2D eigenvalue weighted by Gasteiger charge is -2.32. The van der Waals surface area contributed by atoms with Crippen LogP contribution < -0.4 is 10.6 Å². The first-order valence-corrected chi connectivity index (χ1v) is 8.85. The van der Waals surface area contributed by atoms with Gasteiger partial charge in [-0.3, -0.25) is 4.79 Å². The van der Waals surface area contributed by atoms with Crippen molar-refractivity contribution in [2.45, 2.75) is 58.5 Å². The van der Waals surface area contributed by atoms with Gasteiger partial charge in [-0.05, 0) is 51.2 Å². The lowest BCUT2D eigenvalue weighted by atomic mass is 10.0. The molecule has 1 aromatic rings. The van der Waals surface area contributed by atoms with Gasteiger partial charge in [-0.1, -0.05) is 24.3 Å². The third-order valence-corrected chi connectivity index (χ3v) is 4.47. The Morgan fingerprint density at radius 1 is 1.21 bits per heavy atom. The summed E-state index contributed by atoms with van der Waals surface area (Å²) in [6, 6.07) is 8.39. The standard InChI is InChI=1S/C19H29N3O2/c1-14(2)20-19(24)21-17-10-12-22(13-11-17)18(23)9-8-16-7-5-4-6-15(16)3/h4-7,14,17H,8-13H2,1-3H3,(H2,20,21,24). The maximum atomic E-state index is 12.4. The van der Waals surface area contributed by atoms with Crippen molar-refractivity contribution in [2.24, 2.45) is 0 Å². The predicted molar refractivity (Wildman–Crippen MR) is 95.9 cm³/mol. The molecule has 24 heavy (non-hydrogen) atoms. The number of nitrogens with one attached hydrogen (secondary N) is 2. The van der Waals surface area contributed by atoms with Gasteiger partial charge in [-0.2, -0.15) is 0 Å². The Morgan fingerprint density at radius 2 is 1.88 bits per heavy atom. The first-order chi connectivity index (χ1) is 11.5. The summed E-state index contributed by atoms with van der Waals surface area (Å²) < 4.78 is 0. The van der Waals surface area contributed by atoms with Crippen molar-refractivity contribution in [3.63, 3.8) is 0 Å². The average molecular weight is 331 g/mol. The van der Waals surface area contributed by atoms with Gasteiger partial charge in [0, 0.05) is 31.6 Å². The fraction of sp³-hybridized carbons (Fsp3) is 0.579. The first kappa shape index (κ1) is 18.3. The highest BCUT2D eigenvalue weighted by Crippen LogP contribution is 2.14.